The summed E-state index contributed by atoms with van der Waals surface area (Å²) in [7, 11) is 0. The predicted molar refractivity (Wildman–Crippen MR) is 262 cm³/mol. The summed E-state index contributed by atoms with van der Waals surface area (Å²) in [4.78, 5) is 12.9. The van der Waals surface area contributed by atoms with Gasteiger partial charge in [-0.25, -0.2) is 0 Å². The zero-order valence-electron chi connectivity index (χ0n) is 39.5. The number of hydrogen-bond donors (Lipinski definition) is 6. The van der Waals surface area contributed by atoms with E-state index < -0.39 is 49.5 Å². The normalized spacial score (nSPS) is 21.0. The third kappa shape index (κ3) is 33.3. The number of aliphatic hydroxyl groups is 5. The minimum atomic E-state index is -1.57. The van der Waals surface area contributed by atoms with Crippen molar-refractivity contribution in [1.82, 2.24) is 5.32 Å². The number of carbonyl (C=O) groups excluding carboxylic acids is 1. The summed E-state index contributed by atoms with van der Waals surface area (Å²) in [5.74, 6) is -0.197. The number of carbonyl (C=O) groups is 1. The first kappa shape index (κ1) is 58.1. The molecule has 1 rings (SSSR count). The van der Waals surface area contributed by atoms with E-state index in [0.717, 1.165) is 77.0 Å². The maximum atomic E-state index is 12.9. The van der Waals surface area contributed by atoms with Crippen LogP contribution in [0.3, 0.4) is 0 Å². The number of ether oxygens (including phenoxy) is 2. The lowest BCUT2D eigenvalue weighted by Crippen LogP contribution is -2.60. The molecule has 0 aromatic rings. The molecule has 1 aliphatic rings. The number of hydrogen-bond acceptors (Lipinski definition) is 8. The van der Waals surface area contributed by atoms with Crippen molar-refractivity contribution >= 4 is 5.91 Å². The predicted octanol–water partition coefficient (Wildman–Crippen LogP) is 11.3. The topological polar surface area (TPSA) is 149 Å². The van der Waals surface area contributed by atoms with Gasteiger partial charge in [-0.15, -0.1) is 0 Å². The summed E-state index contributed by atoms with van der Waals surface area (Å²) in [6.45, 7) is 3.57. The number of rotatable bonds is 40. The number of amides is 1. The van der Waals surface area contributed by atoms with Crippen molar-refractivity contribution in [2.75, 3.05) is 13.2 Å². The molecule has 0 aliphatic carbocycles. The summed E-state index contributed by atoms with van der Waals surface area (Å²) >= 11 is 0. The van der Waals surface area contributed by atoms with Crippen LogP contribution >= 0.6 is 0 Å². The van der Waals surface area contributed by atoms with Gasteiger partial charge in [-0.3, -0.25) is 4.79 Å². The van der Waals surface area contributed by atoms with Gasteiger partial charge in [0.05, 0.1) is 25.4 Å². The Labute approximate surface area is 383 Å². The lowest BCUT2D eigenvalue weighted by atomic mass is 9.99. The molecule has 1 heterocycles. The Morgan fingerprint density at radius 1 is 0.556 bits per heavy atom. The number of allylic oxidation sites excluding steroid dienone is 15. The van der Waals surface area contributed by atoms with Crippen LogP contribution in [-0.2, 0) is 14.3 Å². The Hall–Kier alpha value is -2.89. The maximum Gasteiger partial charge on any atom is 0.220 e. The Bertz CT molecular complexity index is 1300. The van der Waals surface area contributed by atoms with E-state index in [1.165, 1.54) is 83.5 Å². The number of nitrogens with one attached hydrogen (secondary N) is 1. The van der Waals surface area contributed by atoms with Crippen LogP contribution in [-0.4, -0.2) is 87.5 Å². The molecule has 0 aromatic heterocycles. The molecule has 1 saturated heterocycles. The summed E-state index contributed by atoms with van der Waals surface area (Å²) in [6, 6.07) is -0.826. The van der Waals surface area contributed by atoms with E-state index in [-0.39, 0.29) is 12.5 Å². The fourth-order valence-electron chi connectivity index (χ4n) is 7.17. The van der Waals surface area contributed by atoms with Gasteiger partial charge in [0.15, 0.2) is 6.29 Å². The first-order chi connectivity index (χ1) is 30.8. The molecule has 63 heavy (non-hydrogen) atoms. The fourth-order valence-corrected chi connectivity index (χ4v) is 7.17. The van der Waals surface area contributed by atoms with E-state index in [2.05, 4.69) is 104 Å². The second kappa shape index (κ2) is 43.0. The monoisotopic (exact) mass is 882 g/mol. The minimum Gasteiger partial charge on any atom is -0.394 e. The molecular weight excluding hydrogens is 791 g/mol. The summed E-state index contributed by atoms with van der Waals surface area (Å²) < 4.78 is 11.2. The number of unbranched alkanes of at least 4 members (excludes halogenated alkanes) is 16. The molecule has 7 atom stereocenters. The molecule has 1 fully saturated rings. The second-order valence-corrected chi connectivity index (χ2v) is 16.9. The quantitative estimate of drug-likeness (QED) is 0.0263. The maximum absolute atomic E-state index is 12.9. The highest BCUT2D eigenvalue weighted by Gasteiger charge is 2.44. The first-order valence-corrected chi connectivity index (χ1v) is 25.0. The molecule has 1 amide bonds. The Kier molecular flexibility index (Phi) is 39.7. The molecule has 360 valence electrons. The SMILES string of the molecule is CC/C=C\C/C=C\C/C=C\C/C=C\C/C=C\C/C=C\CCCCCCCCCCCCCCC(=O)NC(COC1OC(CO)C(O)C(O)C1O)C(O)/C=C/CC/C=C/CCCCC. The molecule has 7 unspecified atom stereocenters. The molecule has 6 N–H and O–H groups in total. The molecule has 0 saturated carbocycles. The van der Waals surface area contributed by atoms with Crippen molar-refractivity contribution < 1.29 is 39.8 Å². The van der Waals surface area contributed by atoms with Crippen LogP contribution in [0.25, 0.3) is 0 Å². The van der Waals surface area contributed by atoms with E-state index in [1.807, 2.05) is 6.08 Å². The Balaban J connectivity index is 2.17. The van der Waals surface area contributed by atoms with E-state index >= 15 is 0 Å². The molecule has 9 nitrogen and oxygen atoms in total. The first-order valence-electron chi connectivity index (χ1n) is 25.0. The molecule has 9 heteroatoms. The number of aliphatic hydroxyl groups excluding tert-OH is 5. The fraction of sp³-hybridized carbons (Fsp3) is 0.685. The van der Waals surface area contributed by atoms with Crippen LogP contribution in [0.5, 0.6) is 0 Å². The second-order valence-electron chi connectivity index (χ2n) is 16.9. The summed E-state index contributed by atoms with van der Waals surface area (Å²) in [5.41, 5.74) is 0. The molecule has 0 radical (unpaired) electrons. The Morgan fingerprint density at radius 3 is 1.52 bits per heavy atom. The minimum absolute atomic E-state index is 0.197. The zero-order chi connectivity index (χ0) is 45.9. The molecule has 1 aliphatic heterocycles. The van der Waals surface area contributed by atoms with Gasteiger partial charge < -0.3 is 40.3 Å². The lowest BCUT2D eigenvalue weighted by Gasteiger charge is -2.40. The van der Waals surface area contributed by atoms with Gasteiger partial charge in [-0.05, 0) is 83.5 Å². The van der Waals surface area contributed by atoms with Crippen molar-refractivity contribution in [2.24, 2.45) is 0 Å². The van der Waals surface area contributed by atoms with Crippen LogP contribution < -0.4 is 5.32 Å². The van der Waals surface area contributed by atoms with Crippen molar-refractivity contribution in [3.05, 3.63) is 97.2 Å². The van der Waals surface area contributed by atoms with Crippen molar-refractivity contribution in [1.29, 1.82) is 0 Å². The van der Waals surface area contributed by atoms with E-state index in [0.29, 0.717) is 6.42 Å². The average molecular weight is 882 g/mol. The van der Waals surface area contributed by atoms with Crippen LogP contribution in [0.1, 0.15) is 181 Å². The highest BCUT2D eigenvalue weighted by molar-refractivity contribution is 5.76. The highest BCUT2D eigenvalue weighted by Crippen LogP contribution is 2.22. The smallest absolute Gasteiger partial charge is 0.220 e. The van der Waals surface area contributed by atoms with Gasteiger partial charge in [0.25, 0.3) is 0 Å². The van der Waals surface area contributed by atoms with Gasteiger partial charge in [0, 0.05) is 6.42 Å². The van der Waals surface area contributed by atoms with Gasteiger partial charge in [-0.2, -0.15) is 0 Å². The largest absolute Gasteiger partial charge is 0.394 e. The van der Waals surface area contributed by atoms with Crippen LogP contribution in [0.4, 0.5) is 0 Å². The molecule has 0 aromatic carbocycles. The van der Waals surface area contributed by atoms with Gasteiger partial charge in [-0.1, -0.05) is 188 Å². The van der Waals surface area contributed by atoms with E-state index in [4.69, 9.17) is 9.47 Å². The van der Waals surface area contributed by atoms with Crippen LogP contribution in [0, 0.1) is 0 Å². The molecule has 0 bridgehead atoms. The zero-order valence-corrected chi connectivity index (χ0v) is 39.5. The van der Waals surface area contributed by atoms with Crippen LogP contribution in [0.2, 0.25) is 0 Å². The molecular formula is C54H91NO8. The van der Waals surface area contributed by atoms with Gasteiger partial charge >= 0.3 is 0 Å². The van der Waals surface area contributed by atoms with Crippen molar-refractivity contribution in [2.45, 2.75) is 224 Å². The standard InChI is InChI=1S/C54H91NO8/c1-3-5-7-9-11-13-14-15-16-17-18-19-20-21-22-23-24-25-26-27-28-29-30-31-32-33-34-36-38-40-42-44-50(58)55-47(48(57)43-41-39-37-35-12-10-8-6-4-2)46-62-54-53(61)52(60)51(59)49(45-56)63-54/h5,7,11-13,15-16,18-19,21-22,24-25,35,41,43,47-49,51-54,56-57,59-61H,3-4,6,8-10,14,17,20,23,26-34,36-40,42,44-46H2,1-2H3,(H,55,58)/b7-5-,13-11-,16-15-,19-18-,22-21-,25-24-,35-12+,43-41+. The summed E-state index contributed by atoms with van der Waals surface area (Å²) in [5, 5.41) is 54.0. The Morgan fingerprint density at radius 2 is 1.00 bits per heavy atom. The lowest BCUT2D eigenvalue weighted by molar-refractivity contribution is -0.302. The molecule has 0 spiro atoms. The van der Waals surface area contributed by atoms with Gasteiger partial charge in [0.1, 0.15) is 24.4 Å². The van der Waals surface area contributed by atoms with Crippen molar-refractivity contribution in [3.63, 3.8) is 0 Å². The van der Waals surface area contributed by atoms with Crippen molar-refractivity contribution in [3.8, 4) is 0 Å². The third-order valence-corrected chi connectivity index (χ3v) is 11.1. The average Bonchev–Trinajstić information content (AvgIpc) is 3.28. The van der Waals surface area contributed by atoms with E-state index in [1.54, 1.807) is 6.08 Å². The summed E-state index contributed by atoms with van der Waals surface area (Å²) in [6.07, 6.45) is 54.8. The third-order valence-electron chi connectivity index (χ3n) is 11.1. The van der Waals surface area contributed by atoms with Gasteiger partial charge in [0.2, 0.25) is 5.91 Å². The highest BCUT2D eigenvalue weighted by atomic mass is 16.7. The van der Waals surface area contributed by atoms with E-state index in [9.17, 15) is 30.3 Å². The van der Waals surface area contributed by atoms with Crippen LogP contribution in [0.15, 0.2) is 97.2 Å².